The second-order valence-corrected chi connectivity index (χ2v) is 7.99. The van der Waals surface area contributed by atoms with Crippen LogP contribution in [0.1, 0.15) is 36.8 Å². The van der Waals surface area contributed by atoms with Gasteiger partial charge in [-0.2, -0.15) is 0 Å². The summed E-state index contributed by atoms with van der Waals surface area (Å²) in [6, 6.07) is 3.80. The van der Waals surface area contributed by atoms with E-state index < -0.39 is 5.97 Å². The summed E-state index contributed by atoms with van der Waals surface area (Å²) < 4.78 is 0. The third-order valence-electron chi connectivity index (χ3n) is 5.19. The molecule has 1 aromatic carbocycles. The van der Waals surface area contributed by atoms with Crippen LogP contribution in [0.25, 0.3) is 0 Å². The van der Waals surface area contributed by atoms with Crippen LogP contribution in [0, 0.1) is 19.8 Å². The Morgan fingerprint density at radius 3 is 2.38 bits per heavy atom. The molecule has 0 spiro atoms. The zero-order valence-corrected chi connectivity index (χ0v) is 16.0. The first-order valence-electron chi connectivity index (χ1n) is 9.12. The summed E-state index contributed by atoms with van der Waals surface area (Å²) in [6.07, 6.45) is 4.00. The molecule has 1 aromatic rings. The fourth-order valence-electron chi connectivity index (χ4n) is 3.52. The topological polar surface area (TPSA) is 81.7 Å². The molecule has 0 aliphatic heterocycles. The number of amides is 2. The van der Waals surface area contributed by atoms with Crippen LogP contribution < -0.4 is 10.6 Å². The molecular formula is C19H26ClN3O3. The monoisotopic (exact) mass is 379 g/mol. The second-order valence-electron chi connectivity index (χ2n) is 7.61. The summed E-state index contributed by atoms with van der Waals surface area (Å²) in [5.74, 6) is -0.130. The van der Waals surface area contributed by atoms with Crippen molar-refractivity contribution in [1.82, 2.24) is 10.2 Å². The van der Waals surface area contributed by atoms with E-state index in [0.717, 1.165) is 36.2 Å². The van der Waals surface area contributed by atoms with Crippen molar-refractivity contribution in [2.75, 3.05) is 18.4 Å². The Labute approximate surface area is 158 Å². The summed E-state index contributed by atoms with van der Waals surface area (Å²) >= 11 is 6.15. The van der Waals surface area contributed by atoms with Crippen molar-refractivity contribution < 1.29 is 14.7 Å². The van der Waals surface area contributed by atoms with Crippen molar-refractivity contribution in [2.24, 2.45) is 5.92 Å². The number of carboxylic acids is 1. The van der Waals surface area contributed by atoms with Crippen molar-refractivity contribution in [3.05, 3.63) is 28.3 Å². The quantitative estimate of drug-likeness (QED) is 0.678. The van der Waals surface area contributed by atoms with Gasteiger partial charge >= 0.3 is 12.0 Å². The van der Waals surface area contributed by atoms with Gasteiger partial charge in [-0.05, 0) is 68.7 Å². The van der Waals surface area contributed by atoms with E-state index in [1.165, 1.54) is 12.8 Å². The number of hydrogen-bond donors (Lipinski definition) is 3. The Morgan fingerprint density at radius 2 is 1.85 bits per heavy atom. The second kappa shape index (κ2) is 7.84. The number of aliphatic carboxylic acids is 1. The van der Waals surface area contributed by atoms with E-state index >= 15 is 0 Å². The van der Waals surface area contributed by atoms with Crippen LogP contribution in [-0.2, 0) is 4.79 Å². The maximum absolute atomic E-state index is 12.2. The summed E-state index contributed by atoms with van der Waals surface area (Å²) in [5, 5.41) is 15.6. The summed E-state index contributed by atoms with van der Waals surface area (Å²) in [6.45, 7) is 4.76. The van der Waals surface area contributed by atoms with Gasteiger partial charge < -0.3 is 15.7 Å². The number of rotatable bonds is 7. The van der Waals surface area contributed by atoms with E-state index in [0.29, 0.717) is 10.9 Å². The molecule has 7 heteroatoms. The number of carbonyl (C=O) groups excluding carboxylic acids is 1. The number of urea groups is 1. The highest BCUT2D eigenvalue weighted by molar-refractivity contribution is 6.32. The van der Waals surface area contributed by atoms with Gasteiger partial charge in [-0.3, -0.25) is 9.69 Å². The number of benzene rings is 1. The van der Waals surface area contributed by atoms with E-state index in [9.17, 15) is 9.59 Å². The standard InChI is InChI=1S/C19H26ClN3O3/c1-11-5-14(6-12(2)18(11)20)21-19(26)22-15-7-16(8-15)23(10-17(24)25)9-13-3-4-13/h5-6,13,15-16H,3-4,7-10H2,1-2H3,(H,24,25)(H2,21,22,26). The third kappa shape index (κ3) is 4.89. The fourth-order valence-corrected chi connectivity index (χ4v) is 3.63. The maximum atomic E-state index is 12.2. The predicted molar refractivity (Wildman–Crippen MR) is 102 cm³/mol. The number of nitrogens with zero attached hydrogens (tertiary/aromatic N) is 1. The van der Waals surface area contributed by atoms with Crippen molar-refractivity contribution in [3.63, 3.8) is 0 Å². The summed E-state index contributed by atoms with van der Waals surface area (Å²) in [7, 11) is 0. The summed E-state index contributed by atoms with van der Waals surface area (Å²) in [5.41, 5.74) is 2.57. The number of halogens is 1. The molecule has 26 heavy (non-hydrogen) atoms. The highest BCUT2D eigenvalue weighted by Gasteiger charge is 2.37. The molecule has 3 rings (SSSR count). The van der Waals surface area contributed by atoms with Gasteiger partial charge in [0, 0.05) is 29.3 Å². The zero-order valence-electron chi connectivity index (χ0n) is 15.2. The lowest BCUT2D eigenvalue weighted by molar-refractivity contribution is -0.139. The Bertz CT molecular complexity index is 676. The van der Waals surface area contributed by atoms with E-state index in [1.807, 2.05) is 26.0 Å². The molecule has 2 fully saturated rings. The van der Waals surface area contributed by atoms with E-state index in [2.05, 4.69) is 15.5 Å². The minimum Gasteiger partial charge on any atom is -0.480 e. The Kier molecular flexibility index (Phi) is 5.73. The van der Waals surface area contributed by atoms with Crippen molar-refractivity contribution in [3.8, 4) is 0 Å². The first kappa shape index (κ1) is 19.0. The average molecular weight is 380 g/mol. The number of hydrogen-bond acceptors (Lipinski definition) is 3. The number of carbonyl (C=O) groups is 2. The van der Waals surface area contributed by atoms with Gasteiger partial charge in [0.05, 0.1) is 6.54 Å². The number of anilines is 1. The minimum atomic E-state index is -0.784. The maximum Gasteiger partial charge on any atom is 0.319 e. The molecule has 2 aliphatic rings. The Morgan fingerprint density at radius 1 is 1.23 bits per heavy atom. The van der Waals surface area contributed by atoms with Gasteiger partial charge in [0.25, 0.3) is 0 Å². The van der Waals surface area contributed by atoms with Crippen LogP contribution in [0.5, 0.6) is 0 Å². The van der Waals surface area contributed by atoms with Crippen molar-refractivity contribution >= 4 is 29.3 Å². The molecule has 2 aliphatic carbocycles. The van der Waals surface area contributed by atoms with Crippen molar-refractivity contribution in [2.45, 2.75) is 51.6 Å². The molecule has 3 N–H and O–H groups in total. The zero-order chi connectivity index (χ0) is 18.8. The van der Waals surface area contributed by atoms with E-state index in [1.54, 1.807) is 0 Å². The highest BCUT2D eigenvalue weighted by Crippen LogP contribution is 2.33. The summed E-state index contributed by atoms with van der Waals surface area (Å²) in [4.78, 5) is 25.3. The third-order valence-corrected chi connectivity index (χ3v) is 5.78. The lowest BCUT2D eigenvalue weighted by Crippen LogP contribution is -2.55. The van der Waals surface area contributed by atoms with Gasteiger partial charge in [0.2, 0.25) is 0 Å². The molecule has 0 saturated heterocycles. The number of nitrogens with one attached hydrogen (secondary N) is 2. The number of carboxylic acid groups (broad SMARTS) is 1. The smallest absolute Gasteiger partial charge is 0.319 e. The van der Waals surface area contributed by atoms with Crippen LogP contribution >= 0.6 is 11.6 Å². The number of aryl methyl sites for hydroxylation is 2. The lowest BCUT2D eigenvalue weighted by Gasteiger charge is -2.42. The molecule has 0 radical (unpaired) electrons. The van der Waals surface area contributed by atoms with E-state index in [4.69, 9.17) is 16.7 Å². The largest absolute Gasteiger partial charge is 0.480 e. The molecule has 2 saturated carbocycles. The molecule has 6 nitrogen and oxygen atoms in total. The molecule has 0 atom stereocenters. The van der Waals surface area contributed by atoms with Crippen molar-refractivity contribution in [1.29, 1.82) is 0 Å². The first-order valence-corrected chi connectivity index (χ1v) is 9.49. The van der Waals surface area contributed by atoms with Crippen LogP contribution in [-0.4, -0.2) is 47.2 Å². The van der Waals surface area contributed by atoms with Crippen LogP contribution in [0.15, 0.2) is 12.1 Å². The Balaban J connectivity index is 1.47. The Hall–Kier alpha value is -1.79. The van der Waals surface area contributed by atoms with E-state index in [-0.39, 0.29) is 24.7 Å². The predicted octanol–water partition coefficient (Wildman–Crippen LogP) is 3.41. The fraction of sp³-hybridized carbons (Fsp3) is 0.579. The molecule has 2 amide bonds. The first-order chi connectivity index (χ1) is 12.3. The van der Waals surface area contributed by atoms with Gasteiger partial charge in [0.15, 0.2) is 0 Å². The van der Waals surface area contributed by atoms with Gasteiger partial charge in [-0.15, -0.1) is 0 Å². The molecule has 142 valence electrons. The molecule has 0 bridgehead atoms. The average Bonchev–Trinajstić information content (AvgIpc) is 3.31. The normalized spacial score (nSPS) is 22.0. The van der Waals surface area contributed by atoms with Crippen LogP contribution in [0.4, 0.5) is 10.5 Å². The molecular weight excluding hydrogens is 354 g/mol. The highest BCUT2D eigenvalue weighted by atomic mass is 35.5. The van der Waals surface area contributed by atoms with Gasteiger partial charge in [-0.25, -0.2) is 4.79 Å². The van der Waals surface area contributed by atoms with Crippen LogP contribution in [0.3, 0.4) is 0 Å². The SMILES string of the molecule is Cc1cc(NC(=O)NC2CC(N(CC(=O)O)CC3CC3)C2)cc(C)c1Cl. The molecule has 0 aromatic heterocycles. The van der Waals surface area contributed by atoms with Gasteiger partial charge in [0.1, 0.15) is 0 Å². The molecule has 0 unspecified atom stereocenters. The van der Waals surface area contributed by atoms with Crippen LogP contribution in [0.2, 0.25) is 5.02 Å². The minimum absolute atomic E-state index is 0.0867. The molecule has 0 heterocycles. The van der Waals surface area contributed by atoms with Gasteiger partial charge in [-0.1, -0.05) is 11.6 Å². The lowest BCUT2D eigenvalue weighted by atomic mass is 9.85.